The summed E-state index contributed by atoms with van der Waals surface area (Å²) in [5.41, 5.74) is 2.33. The molecule has 0 aliphatic heterocycles. The number of carbonyl (C=O) groups is 4. The van der Waals surface area contributed by atoms with Crippen molar-refractivity contribution in [2.24, 2.45) is 20.5 Å². The van der Waals surface area contributed by atoms with E-state index in [1.807, 2.05) is 0 Å². The maximum atomic E-state index is 11.9. The van der Waals surface area contributed by atoms with E-state index in [9.17, 15) is 19.2 Å². The first-order valence-corrected chi connectivity index (χ1v) is 13.8. The molecule has 0 aromatic heterocycles. The molecular weight excluding hydrogens is 568 g/mol. The van der Waals surface area contributed by atoms with Gasteiger partial charge in [0, 0.05) is 34.8 Å². The van der Waals surface area contributed by atoms with Crippen LogP contribution in [0.5, 0.6) is 11.5 Å². The Bertz CT molecular complexity index is 1650. The lowest BCUT2D eigenvalue weighted by Gasteiger charge is -2.12. The van der Waals surface area contributed by atoms with Crippen LogP contribution in [0.25, 0.3) is 0 Å². The number of rotatable bonds is 10. The molecule has 0 aliphatic carbocycles. The molecule has 4 rings (SSSR count). The summed E-state index contributed by atoms with van der Waals surface area (Å²) in [7, 11) is 0. The summed E-state index contributed by atoms with van der Waals surface area (Å²) in [4.78, 5) is 48.5. The van der Waals surface area contributed by atoms with E-state index in [0.29, 0.717) is 32.3 Å². The molecule has 0 bridgehead atoms. The fraction of sp³-hybridized carbons (Fsp3) is 0.125. The number of ether oxygens (including phenoxy) is 2. The minimum absolute atomic E-state index is 0.115. The van der Waals surface area contributed by atoms with Crippen LogP contribution in [0.2, 0.25) is 0 Å². The first kappa shape index (κ1) is 30.7. The molecule has 0 saturated heterocycles. The monoisotopic (exact) mass is 594 g/mol. The summed E-state index contributed by atoms with van der Waals surface area (Å²) >= 11 is 1.21. The predicted molar refractivity (Wildman–Crippen MR) is 161 cm³/mol. The molecule has 0 unspecified atom stereocenters. The molecule has 0 N–H and O–H groups in total. The highest BCUT2D eigenvalue weighted by atomic mass is 32.2. The van der Waals surface area contributed by atoms with E-state index in [1.54, 1.807) is 84.9 Å². The van der Waals surface area contributed by atoms with Crippen molar-refractivity contribution in [1.29, 1.82) is 0 Å². The fourth-order valence-corrected chi connectivity index (χ4v) is 4.76. The predicted octanol–water partition coefficient (Wildman–Crippen LogP) is 8.92. The summed E-state index contributed by atoms with van der Waals surface area (Å²) in [5, 5.41) is 17.4. The van der Waals surface area contributed by atoms with Crippen molar-refractivity contribution in [2.75, 3.05) is 0 Å². The number of carbonyl (C=O) groups excluding carboxylic acids is 4. The lowest BCUT2D eigenvalue weighted by atomic mass is 10.1. The number of hydrogen-bond acceptors (Lipinski definition) is 11. The molecule has 0 heterocycles. The second kappa shape index (κ2) is 14.1. The molecule has 0 amide bonds. The Hall–Kier alpha value is -5.29. The van der Waals surface area contributed by atoms with Gasteiger partial charge in [0.1, 0.15) is 11.4 Å². The summed E-state index contributed by atoms with van der Waals surface area (Å²) < 4.78 is 10.8. The molecule has 0 aliphatic rings. The van der Waals surface area contributed by atoms with E-state index in [-0.39, 0.29) is 34.4 Å². The summed E-state index contributed by atoms with van der Waals surface area (Å²) in [6.45, 7) is 5.47. The van der Waals surface area contributed by atoms with Crippen LogP contribution in [0, 0.1) is 0 Å². The van der Waals surface area contributed by atoms with Crippen molar-refractivity contribution in [2.45, 2.75) is 37.5 Å². The zero-order valence-corrected chi connectivity index (χ0v) is 24.5. The Morgan fingerprint density at radius 2 is 0.930 bits per heavy atom. The second-order valence-electron chi connectivity index (χ2n) is 9.11. The SMILES string of the molecule is CC(=O)Oc1cccc(Sc2cccc(OC(C)=O)c2N=Nc2cccc(C(C)=O)c2)c1N=Nc1cccc(C(C)=O)c1. The lowest BCUT2D eigenvalue weighted by molar-refractivity contribution is -0.132. The molecule has 0 fully saturated rings. The van der Waals surface area contributed by atoms with Crippen LogP contribution in [0.3, 0.4) is 0 Å². The lowest BCUT2D eigenvalue weighted by Crippen LogP contribution is -2.02. The molecule has 0 radical (unpaired) electrons. The molecule has 43 heavy (non-hydrogen) atoms. The average Bonchev–Trinajstić information content (AvgIpc) is 2.96. The van der Waals surface area contributed by atoms with Crippen molar-refractivity contribution in [3.8, 4) is 11.5 Å². The fourth-order valence-electron chi connectivity index (χ4n) is 3.75. The van der Waals surface area contributed by atoms with E-state index in [2.05, 4.69) is 20.5 Å². The standard InChI is InChI=1S/C32H26N4O6S/c1-19(37)23-9-5-11-25(17-23)33-35-31-27(41-21(3)39)13-7-15-29(31)43-30-16-8-14-28(42-22(4)40)32(30)36-34-26-12-6-10-24(18-26)20(2)38/h5-18H,1-4H3. The Labute approximate surface area is 251 Å². The van der Waals surface area contributed by atoms with Gasteiger partial charge in [0.15, 0.2) is 23.1 Å². The highest BCUT2D eigenvalue weighted by Crippen LogP contribution is 2.47. The van der Waals surface area contributed by atoms with Gasteiger partial charge in [-0.25, -0.2) is 0 Å². The minimum atomic E-state index is -0.545. The van der Waals surface area contributed by atoms with E-state index in [4.69, 9.17) is 9.47 Å². The van der Waals surface area contributed by atoms with Crippen LogP contribution in [0.4, 0.5) is 22.7 Å². The van der Waals surface area contributed by atoms with Gasteiger partial charge in [-0.3, -0.25) is 19.2 Å². The third-order valence-electron chi connectivity index (χ3n) is 5.69. The van der Waals surface area contributed by atoms with E-state index in [0.717, 1.165) is 0 Å². The highest BCUT2D eigenvalue weighted by molar-refractivity contribution is 7.99. The van der Waals surface area contributed by atoms with Crippen LogP contribution in [0.1, 0.15) is 48.4 Å². The molecule has 0 atom stereocenters. The van der Waals surface area contributed by atoms with Crippen molar-refractivity contribution in [3.05, 3.63) is 96.1 Å². The number of benzene rings is 4. The number of esters is 2. The van der Waals surface area contributed by atoms with Gasteiger partial charge in [-0.15, -0.1) is 10.2 Å². The van der Waals surface area contributed by atoms with Crippen LogP contribution >= 0.6 is 11.8 Å². The summed E-state index contributed by atoms with van der Waals surface area (Å²) in [5.74, 6) is -0.978. The third-order valence-corrected chi connectivity index (χ3v) is 6.79. The number of azo groups is 2. The number of ketones is 2. The first-order valence-electron chi connectivity index (χ1n) is 13.0. The smallest absolute Gasteiger partial charge is 0.308 e. The number of hydrogen-bond donors (Lipinski definition) is 0. The van der Waals surface area contributed by atoms with Gasteiger partial charge in [-0.05, 0) is 62.4 Å². The van der Waals surface area contributed by atoms with Crippen LogP contribution in [-0.2, 0) is 9.59 Å². The van der Waals surface area contributed by atoms with E-state index < -0.39 is 11.9 Å². The normalized spacial score (nSPS) is 11.1. The highest BCUT2D eigenvalue weighted by Gasteiger charge is 2.18. The number of Topliss-reactive ketones (excluding diaryl/α,β-unsaturated/α-hetero) is 2. The Balaban J connectivity index is 1.79. The van der Waals surface area contributed by atoms with Crippen molar-refractivity contribution < 1.29 is 28.7 Å². The van der Waals surface area contributed by atoms with Crippen LogP contribution < -0.4 is 9.47 Å². The van der Waals surface area contributed by atoms with Gasteiger partial charge < -0.3 is 9.47 Å². The molecule has 0 saturated carbocycles. The average molecular weight is 595 g/mol. The third kappa shape index (κ3) is 8.37. The van der Waals surface area contributed by atoms with Gasteiger partial charge >= 0.3 is 11.9 Å². The van der Waals surface area contributed by atoms with Gasteiger partial charge in [-0.2, -0.15) is 10.2 Å². The van der Waals surface area contributed by atoms with E-state index in [1.165, 1.54) is 39.5 Å². The van der Waals surface area contributed by atoms with Gasteiger partial charge in [0.05, 0.1) is 11.4 Å². The first-order chi connectivity index (χ1) is 20.6. The largest absolute Gasteiger partial charge is 0.424 e. The second-order valence-corrected chi connectivity index (χ2v) is 10.2. The topological polar surface area (TPSA) is 136 Å². The van der Waals surface area contributed by atoms with Gasteiger partial charge in [-0.1, -0.05) is 48.2 Å². The molecular formula is C32H26N4O6S. The van der Waals surface area contributed by atoms with Crippen molar-refractivity contribution in [3.63, 3.8) is 0 Å². The van der Waals surface area contributed by atoms with Crippen molar-refractivity contribution in [1.82, 2.24) is 0 Å². The van der Waals surface area contributed by atoms with Crippen LogP contribution in [0.15, 0.2) is 115 Å². The molecule has 10 nitrogen and oxygen atoms in total. The quantitative estimate of drug-likeness (QED) is 0.0773. The zero-order valence-electron chi connectivity index (χ0n) is 23.7. The van der Waals surface area contributed by atoms with Crippen LogP contribution in [-0.4, -0.2) is 23.5 Å². The molecule has 0 spiro atoms. The maximum Gasteiger partial charge on any atom is 0.308 e. The Morgan fingerprint density at radius 1 is 0.535 bits per heavy atom. The molecule has 11 heteroatoms. The van der Waals surface area contributed by atoms with E-state index >= 15 is 0 Å². The minimum Gasteiger partial charge on any atom is -0.424 e. The molecule has 4 aromatic carbocycles. The number of nitrogens with zero attached hydrogens (tertiary/aromatic N) is 4. The summed E-state index contributed by atoms with van der Waals surface area (Å²) in [6, 6.07) is 23.4. The zero-order chi connectivity index (χ0) is 30.9. The van der Waals surface area contributed by atoms with Crippen molar-refractivity contribution >= 4 is 58.0 Å². The van der Waals surface area contributed by atoms with Gasteiger partial charge in [0.25, 0.3) is 0 Å². The Morgan fingerprint density at radius 3 is 1.30 bits per heavy atom. The molecule has 4 aromatic rings. The Kier molecular flexibility index (Phi) is 10.0. The molecule has 216 valence electrons. The van der Waals surface area contributed by atoms with Gasteiger partial charge in [0.2, 0.25) is 0 Å². The maximum absolute atomic E-state index is 11.9. The summed E-state index contributed by atoms with van der Waals surface area (Å²) in [6.07, 6.45) is 0.